The summed E-state index contributed by atoms with van der Waals surface area (Å²) in [5.74, 6) is -0.0300. The molecule has 176 valence electrons. The van der Waals surface area contributed by atoms with Gasteiger partial charge in [-0.25, -0.2) is 9.59 Å². The third-order valence-electron chi connectivity index (χ3n) is 5.94. The van der Waals surface area contributed by atoms with Crippen molar-refractivity contribution in [2.75, 3.05) is 18.5 Å². The van der Waals surface area contributed by atoms with Crippen molar-refractivity contribution >= 4 is 17.8 Å². The van der Waals surface area contributed by atoms with Gasteiger partial charge < -0.3 is 31.3 Å². The molecule has 3 amide bonds. The molecule has 0 fully saturated rings. The van der Waals surface area contributed by atoms with Crippen LogP contribution in [0.2, 0.25) is 0 Å². The van der Waals surface area contributed by atoms with Crippen molar-refractivity contribution in [2.24, 2.45) is 5.73 Å². The summed E-state index contributed by atoms with van der Waals surface area (Å²) in [6, 6.07) is 21.8. The standard InChI is InChI=1S/C26H27N3O5/c27-25(32)29-17-11-9-16(10-12-17)24(31)23(30)13-14-28-26(33)34-15-22-20-7-3-1-5-18(20)19-6-2-4-8-21(19)22/h1-12,22-24,30-31H,13-15H2,(H,28,33)(H3,27,29,32). The predicted molar refractivity (Wildman–Crippen MR) is 128 cm³/mol. The number of primary amides is 1. The molecule has 0 aromatic heterocycles. The molecule has 2 atom stereocenters. The Morgan fingerprint density at radius 1 is 0.912 bits per heavy atom. The van der Waals surface area contributed by atoms with Gasteiger partial charge in [0.1, 0.15) is 12.7 Å². The fourth-order valence-electron chi connectivity index (χ4n) is 4.26. The van der Waals surface area contributed by atoms with Crippen LogP contribution >= 0.6 is 0 Å². The Bertz CT molecular complexity index is 1120. The molecule has 3 aromatic rings. The van der Waals surface area contributed by atoms with E-state index >= 15 is 0 Å². The Hall–Kier alpha value is -3.88. The first-order valence-electron chi connectivity index (χ1n) is 11.1. The zero-order valence-electron chi connectivity index (χ0n) is 18.5. The van der Waals surface area contributed by atoms with Gasteiger partial charge in [0.25, 0.3) is 0 Å². The number of carbonyl (C=O) groups excluding carboxylic acids is 2. The van der Waals surface area contributed by atoms with Crippen molar-refractivity contribution in [2.45, 2.75) is 24.5 Å². The Kier molecular flexibility index (Phi) is 7.10. The number of ether oxygens (including phenoxy) is 1. The highest BCUT2D eigenvalue weighted by Crippen LogP contribution is 2.44. The number of nitrogens with two attached hydrogens (primary N) is 1. The fourth-order valence-corrected chi connectivity index (χ4v) is 4.26. The molecule has 0 saturated heterocycles. The summed E-state index contributed by atoms with van der Waals surface area (Å²) in [6.07, 6.45) is -2.69. The number of rotatable bonds is 8. The van der Waals surface area contributed by atoms with E-state index in [1.165, 1.54) is 0 Å². The van der Waals surface area contributed by atoms with Gasteiger partial charge in [0.2, 0.25) is 0 Å². The lowest BCUT2D eigenvalue weighted by Gasteiger charge is -2.19. The van der Waals surface area contributed by atoms with Crippen molar-refractivity contribution in [1.82, 2.24) is 5.32 Å². The van der Waals surface area contributed by atoms with Crippen LogP contribution in [-0.2, 0) is 4.74 Å². The molecule has 6 N–H and O–H groups in total. The number of amides is 3. The highest BCUT2D eigenvalue weighted by Gasteiger charge is 2.29. The van der Waals surface area contributed by atoms with E-state index in [0.29, 0.717) is 11.3 Å². The monoisotopic (exact) mass is 461 g/mol. The van der Waals surface area contributed by atoms with Crippen LogP contribution in [0.1, 0.15) is 35.1 Å². The van der Waals surface area contributed by atoms with Gasteiger partial charge in [-0.1, -0.05) is 60.7 Å². The van der Waals surface area contributed by atoms with Crippen molar-refractivity contribution < 1.29 is 24.5 Å². The molecule has 0 spiro atoms. The van der Waals surface area contributed by atoms with Crippen LogP contribution in [0.25, 0.3) is 11.1 Å². The number of urea groups is 1. The Morgan fingerprint density at radius 2 is 1.50 bits per heavy atom. The molecule has 0 saturated carbocycles. The molecular formula is C26H27N3O5. The SMILES string of the molecule is NC(=O)Nc1ccc(C(O)C(O)CCNC(=O)OCC2c3ccccc3-c3ccccc32)cc1. The largest absolute Gasteiger partial charge is 0.449 e. The molecule has 1 aliphatic rings. The average molecular weight is 462 g/mol. The molecule has 0 heterocycles. The maximum absolute atomic E-state index is 12.2. The summed E-state index contributed by atoms with van der Waals surface area (Å²) >= 11 is 0. The number of benzene rings is 3. The van der Waals surface area contributed by atoms with Crippen LogP contribution in [0.4, 0.5) is 15.3 Å². The lowest BCUT2D eigenvalue weighted by Crippen LogP contribution is -2.30. The Labute approximate surface area is 197 Å². The average Bonchev–Trinajstić information content (AvgIpc) is 3.16. The Morgan fingerprint density at radius 3 is 2.09 bits per heavy atom. The number of hydrogen-bond acceptors (Lipinski definition) is 5. The van der Waals surface area contributed by atoms with Crippen LogP contribution in [0.3, 0.4) is 0 Å². The molecule has 3 aromatic carbocycles. The smallest absolute Gasteiger partial charge is 0.407 e. The van der Waals surface area contributed by atoms with E-state index in [0.717, 1.165) is 22.3 Å². The highest BCUT2D eigenvalue weighted by atomic mass is 16.5. The summed E-state index contributed by atoms with van der Waals surface area (Å²) in [6.45, 7) is 0.340. The number of carbonyl (C=O) groups is 2. The lowest BCUT2D eigenvalue weighted by atomic mass is 9.98. The van der Waals surface area contributed by atoms with E-state index in [2.05, 4.69) is 34.9 Å². The fraction of sp³-hybridized carbons (Fsp3) is 0.231. The molecule has 0 radical (unpaired) electrons. The van der Waals surface area contributed by atoms with Crippen molar-refractivity contribution in [3.05, 3.63) is 89.5 Å². The van der Waals surface area contributed by atoms with Crippen LogP contribution in [-0.4, -0.2) is 41.6 Å². The zero-order chi connectivity index (χ0) is 24.1. The quantitative estimate of drug-likeness (QED) is 0.350. The number of alkyl carbamates (subject to hydrolysis) is 1. The van der Waals surface area contributed by atoms with Gasteiger partial charge in [-0.05, 0) is 46.4 Å². The second kappa shape index (κ2) is 10.4. The molecule has 1 aliphatic carbocycles. The molecule has 8 heteroatoms. The molecule has 0 bridgehead atoms. The lowest BCUT2D eigenvalue weighted by molar-refractivity contribution is 0.0137. The van der Waals surface area contributed by atoms with Crippen LogP contribution in [0.15, 0.2) is 72.8 Å². The summed E-state index contributed by atoms with van der Waals surface area (Å²) in [5.41, 5.74) is 10.6. The second-order valence-electron chi connectivity index (χ2n) is 8.16. The molecule has 0 aliphatic heterocycles. The number of anilines is 1. The minimum absolute atomic E-state index is 0.0300. The predicted octanol–water partition coefficient (Wildman–Crippen LogP) is 3.50. The first-order chi connectivity index (χ1) is 16.4. The van der Waals surface area contributed by atoms with E-state index in [4.69, 9.17) is 10.5 Å². The number of aliphatic hydroxyl groups is 2. The van der Waals surface area contributed by atoms with E-state index in [1.54, 1.807) is 24.3 Å². The normalized spacial score (nSPS) is 13.9. The molecule has 2 unspecified atom stereocenters. The van der Waals surface area contributed by atoms with E-state index < -0.39 is 24.3 Å². The minimum atomic E-state index is -1.15. The summed E-state index contributed by atoms with van der Waals surface area (Å²) in [4.78, 5) is 23.1. The first kappa shape index (κ1) is 23.3. The van der Waals surface area contributed by atoms with Crippen LogP contribution in [0, 0.1) is 0 Å². The van der Waals surface area contributed by atoms with Gasteiger partial charge in [0.15, 0.2) is 0 Å². The van der Waals surface area contributed by atoms with E-state index in [-0.39, 0.29) is 25.5 Å². The third-order valence-corrected chi connectivity index (χ3v) is 5.94. The number of aliphatic hydroxyl groups excluding tert-OH is 2. The topological polar surface area (TPSA) is 134 Å². The van der Waals surface area contributed by atoms with Crippen molar-refractivity contribution in [3.63, 3.8) is 0 Å². The maximum atomic E-state index is 12.2. The number of hydrogen-bond donors (Lipinski definition) is 5. The van der Waals surface area contributed by atoms with E-state index in [9.17, 15) is 19.8 Å². The molecule has 34 heavy (non-hydrogen) atoms. The number of fused-ring (bicyclic) bond motifs is 3. The van der Waals surface area contributed by atoms with Gasteiger partial charge in [-0.2, -0.15) is 0 Å². The van der Waals surface area contributed by atoms with E-state index in [1.807, 2.05) is 24.3 Å². The van der Waals surface area contributed by atoms with Crippen molar-refractivity contribution in [3.8, 4) is 11.1 Å². The summed E-state index contributed by atoms with van der Waals surface area (Å²) in [7, 11) is 0. The first-order valence-corrected chi connectivity index (χ1v) is 11.1. The number of nitrogens with one attached hydrogen (secondary N) is 2. The van der Waals surface area contributed by atoms with Gasteiger partial charge in [-0.3, -0.25) is 0 Å². The van der Waals surface area contributed by atoms with Crippen LogP contribution < -0.4 is 16.4 Å². The second-order valence-corrected chi connectivity index (χ2v) is 8.16. The van der Waals surface area contributed by atoms with Gasteiger partial charge in [-0.15, -0.1) is 0 Å². The van der Waals surface area contributed by atoms with Crippen molar-refractivity contribution in [1.29, 1.82) is 0 Å². The van der Waals surface area contributed by atoms with Gasteiger partial charge in [0, 0.05) is 18.2 Å². The molecule has 8 nitrogen and oxygen atoms in total. The summed E-state index contributed by atoms with van der Waals surface area (Å²) in [5, 5.41) is 25.7. The Balaban J connectivity index is 1.25. The maximum Gasteiger partial charge on any atom is 0.407 e. The van der Waals surface area contributed by atoms with Crippen LogP contribution in [0.5, 0.6) is 0 Å². The summed E-state index contributed by atoms with van der Waals surface area (Å²) < 4.78 is 5.47. The minimum Gasteiger partial charge on any atom is -0.449 e. The van der Waals surface area contributed by atoms with Gasteiger partial charge in [0.05, 0.1) is 6.10 Å². The zero-order valence-corrected chi connectivity index (χ0v) is 18.5. The third kappa shape index (κ3) is 5.19. The molecule has 4 rings (SSSR count). The highest BCUT2D eigenvalue weighted by molar-refractivity contribution is 5.87. The molecular weight excluding hydrogens is 434 g/mol. The van der Waals surface area contributed by atoms with Gasteiger partial charge >= 0.3 is 12.1 Å².